The number of aromatic nitrogens is 3. The van der Waals surface area contributed by atoms with Gasteiger partial charge < -0.3 is 5.32 Å². The number of halogens is 2. The fourth-order valence-electron chi connectivity index (χ4n) is 2.31. The highest BCUT2D eigenvalue weighted by atomic mass is 32.2. The van der Waals surface area contributed by atoms with Crippen LogP contribution in [0.15, 0.2) is 53.9 Å². The van der Waals surface area contributed by atoms with Crippen molar-refractivity contribution in [2.24, 2.45) is 0 Å². The molecule has 3 rings (SSSR count). The van der Waals surface area contributed by atoms with Gasteiger partial charge in [-0.1, -0.05) is 30.0 Å². The fraction of sp³-hybridized carbons (Fsp3) is 0.167. The lowest BCUT2D eigenvalue weighted by atomic mass is 10.1. The number of nitrogens with one attached hydrogen (secondary N) is 2. The van der Waals surface area contributed by atoms with Crippen LogP contribution in [0.1, 0.15) is 34.5 Å². The molecule has 0 bridgehead atoms. The van der Waals surface area contributed by atoms with E-state index < -0.39 is 17.7 Å². The normalized spacial score (nSPS) is 12.0. The molecule has 0 saturated heterocycles. The summed E-state index contributed by atoms with van der Waals surface area (Å²) in [4.78, 5) is 16.4. The Hall–Kier alpha value is -2.74. The lowest BCUT2D eigenvalue weighted by molar-refractivity contribution is 0.0940. The standard InChI is InChI=1S/C18H16F2N4OS/c1-11(14-6-7-15(19)16(20)8-14)23-17(25)13-4-2-12(3-5-13)9-26-18-21-10-22-24-18/h2-8,10-11H,9H2,1H3,(H,23,25)(H,21,22,24). The first-order valence-corrected chi connectivity index (χ1v) is 8.84. The minimum Gasteiger partial charge on any atom is -0.346 e. The third-order valence-corrected chi connectivity index (χ3v) is 4.72. The molecule has 1 aromatic heterocycles. The Morgan fingerprint density at radius 3 is 2.62 bits per heavy atom. The number of thioether (sulfide) groups is 1. The summed E-state index contributed by atoms with van der Waals surface area (Å²) in [6.45, 7) is 1.72. The number of rotatable bonds is 6. The highest BCUT2D eigenvalue weighted by molar-refractivity contribution is 7.98. The van der Waals surface area contributed by atoms with E-state index >= 15 is 0 Å². The molecule has 5 nitrogen and oxygen atoms in total. The van der Waals surface area contributed by atoms with Gasteiger partial charge in [-0.15, -0.1) is 0 Å². The van der Waals surface area contributed by atoms with E-state index in [9.17, 15) is 13.6 Å². The summed E-state index contributed by atoms with van der Waals surface area (Å²) < 4.78 is 26.3. The third kappa shape index (κ3) is 4.45. The van der Waals surface area contributed by atoms with E-state index in [0.717, 1.165) is 22.9 Å². The molecule has 8 heteroatoms. The van der Waals surface area contributed by atoms with Crippen molar-refractivity contribution in [1.82, 2.24) is 20.5 Å². The number of hydrogen-bond acceptors (Lipinski definition) is 4. The summed E-state index contributed by atoms with van der Waals surface area (Å²) in [5.74, 6) is -1.43. The van der Waals surface area contributed by atoms with Crippen molar-refractivity contribution in [3.05, 3.63) is 77.1 Å². The number of benzene rings is 2. The van der Waals surface area contributed by atoms with Crippen LogP contribution < -0.4 is 5.32 Å². The molecule has 1 heterocycles. The Kier molecular flexibility index (Phi) is 5.62. The van der Waals surface area contributed by atoms with Crippen molar-refractivity contribution in [3.8, 4) is 0 Å². The molecule has 0 fully saturated rings. The highest BCUT2D eigenvalue weighted by Gasteiger charge is 2.13. The largest absolute Gasteiger partial charge is 0.346 e. The zero-order chi connectivity index (χ0) is 18.5. The van der Waals surface area contributed by atoms with Gasteiger partial charge in [-0.05, 0) is 42.3 Å². The summed E-state index contributed by atoms with van der Waals surface area (Å²) in [6, 6.07) is 10.3. The number of carbonyl (C=O) groups excluding carboxylic acids is 1. The molecule has 3 aromatic rings. The van der Waals surface area contributed by atoms with E-state index in [1.165, 1.54) is 24.2 Å². The van der Waals surface area contributed by atoms with E-state index in [2.05, 4.69) is 20.5 Å². The average Bonchev–Trinajstić information content (AvgIpc) is 3.16. The van der Waals surface area contributed by atoms with Gasteiger partial charge in [-0.25, -0.2) is 13.8 Å². The quantitative estimate of drug-likeness (QED) is 0.643. The van der Waals surface area contributed by atoms with Gasteiger partial charge in [-0.3, -0.25) is 9.89 Å². The molecule has 1 amide bonds. The van der Waals surface area contributed by atoms with Crippen molar-refractivity contribution >= 4 is 17.7 Å². The number of amides is 1. The number of nitrogens with zero attached hydrogens (tertiary/aromatic N) is 2. The average molecular weight is 374 g/mol. The van der Waals surface area contributed by atoms with Crippen LogP contribution >= 0.6 is 11.8 Å². The van der Waals surface area contributed by atoms with Crippen molar-refractivity contribution in [1.29, 1.82) is 0 Å². The second-order valence-electron chi connectivity index (χ2n) is 5.64. The van der Waals surface area contributed by atoms with Crippen LogP contribution in [0.4, 0.5) is 8.78 Å². The Labute approximate surface area is 153 Å². The molecular formula is C18H16F2N4OS. The number of H-pyrrole nitrogens is 1. The molecule has 0 aliphatic carbocycles. The molecule has 0 spiro atoms. The zero-order valence-corrected chi connectivity index (χ0v) is 14.7. The maximum absolute atomic E-state index is 13.3. The second kappa shape index (κ2) is 8.09. The Morgan fingerprint density at radius 2 is 1.96 bits per heavy atom. The monoisotopic (exact) mass is 374 g/mol. The smallest absolute Gasteiger partial charge is 0.251 e. The van der Waals surface area contributed by atoms with Crippen LogP contribution in [0.3, 0.4) is 0 Å². The lowest BCUT2D eigenvalue weighted by Crippen LogP contribution is -2.26. The third-order valence-electron chi connectivity index (χ3n) is 3.78. The summed E-state index contributed by atoms with van der Waals surface area (Å²) in [5.41, 5.74) is 2.03. The predicted molar refractivity (Wildman–Crippen MR) is 94.6 cm³/mol. The molecule has 2 aromatic carbocycles. The number of hydrogen-bond donors (Lipinski definition) is 2. The van der Waals surface area contributed by atoms with Crippen LogP contribution in [0.5, 0.6) is 0 Å². The first-order valence-electron chi connectivity index (χ1n) is 7.86. The topological polar surface area (TPSA) is 70.7 Å². The van der Waals surface area contributed by atoms with E-state index in [4.69, 9.17) is 0 Å². The van der Waals surface area contributed by atoms with Crippen LogP contribution in [0.25, 0.3) is 0 Å². The van der Waals surface area contributed by atoms with Gasteiger partial charge in [0.05, 0.1) is 6.04 Å². The van der Waals surface area contributed by atoms with Gasteiger partial charge in [0.15, 0.2) is 16.8 Å². The zero-order valence-electron chi connectivity index (χ0n) is 13.9. The maximum atomic E-state index is 13.3. The molecule has 0 aliphatic rings. The molecule has 26 heavy (non-hydrogen) atoms. The van der Waals surface area contributed by atoms with Gasteiger partial charge in [0.2, 0.25) is 0 Å². The van der Waals surface area contributed by atoms with Crippen molar-refractivity contribution in [2.45, 2.75) is 23.9 Å². The Bertz CT molecular complexity index is 885. The van der Waals surface area contributed by atoms with Crippen LogP contribution in [-0.4, -0.2) is 21.1 Å². The van der Waals surface area contributed by atoms with Crippen LogP contribution in [-0.2, 0) is 5.75 Å². The molecule has 2 N–H and O–H groups in total. The Balaban J connectivity index is 1.59. The minimum absolute atomic E-state index is 0.281. The highest BCUT2D eigenvalue weighted by Crippen LogP contribution is 2.19. The minimum atomic E-state index is -0.933. The molecule has 1 atom stereocenters. The maximum Gasteiger partial charge on any atom is 0.251 e. The molecular weight excluding hydrogens is 358 g/mol. The molecule has 0 aliphatic heterocycles. The first-order chi connectivity index (χ1) is 12.5. The van der Waals surface area contributed by atoms with Gasteiger partial charge in [0.1, 0.15) is 6.33 Å². The van der Waals surface area contributed by atoms with E-state index in [0.29, 0.717) is 16.9 Å². The molecule has 1 unspecified atom stereocenters. The van der Waals surface area contributed by atoms with Gasteiger partial charge in [0, 0.05) is 11.3 Å². The van der Waals surface area contributed by atoms with Gasteiger partial charge in [0.25, 0.3) is 5.91 Å². The number of carbonyl (C=O) groups is 1. The predicted octanol–water partition coefficient (Wildman–Crippen LogP) is 3.87. The summed E-state index contributed by atoms with van der Waals surface area (Å²) >= 11 is 1.51. The SMILES string of the molecule is CC(NC(=O)c1ccc(CSc2ncn[nH]2)cc1)c1ccc(F)c(F)c1. The second-order valence-corrected chi connectivity index (χ2v) is 6.61. The van der Waals surface area contributed by atoms with Crippen molar-refractivity contribution in [2.75, 3.05) is 0 Å². The Morgan fingerprint density at radius 1 is 1.19 bits per heavy atom. The fourth-order valence-corrected chi connectivity index (χ4v) is 3.05. The van der Waals surface area contributed by atoms with E-state index in [1.807, 2.05) is 12.1 Å². The van der Waals surface area contributed by atoms with E-state index in [1.54, 1.807) is 19.1 Å². The number of aromatic amines is 1. The van der Waals surface area contributed by atoms with Crippen molar-refractivity contribution in [3.63, 3.8) is 0 Å². The van der Waals surface area contributed by atoms with Gasteiger partial charge >= 0.3 is 0 Å². The van der Waals surface area contributed by atoms with Crippen molar-refractivity contribution < 1.29 is 13.6 Å². The molecule has 134 valence electrons. The summed E-state index contributed by atoms with van der Waals surface area (Å²) in [6.07, 6.45) is 1.45. The first kappa shape index (κ1) is 18.1. The van der Waals surface area contributed by atoms with Crippen LogP contribution in [0.2, 0.25) is 0 Å². The lowest BCUT2D eigenvalue weighted by Gasteiger charge is -2.15. The van der Waals surface area contributed by atoms with E-state index in [-0.39, 0.29) is 5.91 Å². The molecule has 0 radical (unpaired) electrons. The van der Waals surface area contributed by atoms with Gasteiger partial charge in [-0.2, -0.15) is 5.10 Å². The summed E-state index contributed by atoms with van der Waals surface area (Å²) in [7, 11) is 0. The summed E-state index contributed by atoms with van der Waals surface area (Å²) in [5, 5.41) is 10.1. The van der Waals surface area contributed by atoms with Crippen LogP contribution in [0, 0.1) is 11.6 Å². The molecule has 0 saturated carbocycles.